The third-order valence-corrected chi connectivity index (χ3v) is 6.00. The van der Waals surface area contributed by atoms with E-state index < -0.39 is 0 Å². The number of likely N-dealkylation sites (N-methyl/N-ethyl adjacent to an activating group) is 2. The van der Waals surface area contributed by atoms with Crippen molar-refractivity contribution in [1.29, 1.82) is 0 Å². The number of rotatable bonds is 6. The molecule has 0 aliphatic carbocycles. The van der Waals surface area contributed by atoms with Gasteiger partial charge in [-0.2, -0.15) is 0 Å². The Bertz CT molecular complexity index is 1080. The van der Waals surface area contributed by atoms with Crippen molar-refractivity contribution in [2.24, 2.45) is 0 Å². The molecule has 0 bridgehead atoms. The Kier molecular flexibility index (Phi) is 7.11. The van der Waals surface area contributed by atoms with Crippen LogP contribution in [0.4, 0.5) is 5.69 Å². The van der Waals surface area contributed by atoms with Gasteiger partial charge in [-0.1, -0.05) is 29.8 Å². The molecule has 0 saturated carbocycles. The van der Waals surface area contributed by atoms with Gasteiger partial charge in [-0.25, -0.2) is 0 Å². The van der Waals surface area contributed by atoms with Crippen molar-refractivity contribution in [2.45, 2.75) is 26.9 Å². The lowest BCUT2D eigenvalue weighted by atomic mass is 10.1. The number of hydrogen-bond donors (Lipinski definition) is 2. The minimum absolute atomic E-state index is 0.0378. The fraction of sp³-hybridized carbons (Fsp3) is 0.333. The predicted molar refractivity (Wildman–Crippen MR) is 125 cm³/mol. The molecule has 32 heavy (non-hydrogen) atoms. The van der Waals surface area contributed by atoms with Crippen molar-refractivity contribution >= 4 is 29.1 Å². The Morgan fingerprint density at radius 3 is 2.56 bits per heavy atom. The predicted octanol–water partition coefficient (Wildman–Crippen LogP) is 3.69. The van der Waals surface area contributed by atoms with Crippen molar-refractivity contribution < 1.29 is 19.8 Å². The molecule has 0 spiro atoms. The molecule has 2 aromatic rings. The number of amides is 2. The number of benzene rings is 2. The van der Waals surface area contributed by atoms with E-state index in [4.69, 9.17) is 11.6 Å². The first-order valence-corrected chi connectivity index (χ1v) is 10.8. The van der Waals surface area contributed by atoms with Gasteiger partial charge in [0.15, 0.2) is 0 Å². The maximum atomic E-state index is 13.2. The van der Waals surface area contributed by atoms with E-state index in [9.17, 15) is 19.8 Å². The number of halogens is 1. The van der Waals surface area contributed by atoms with E-state index >= 15 is 0 Å². The lowest BCUT2D eigenvalue weighted by Crippen LogP contribution is -2.30. The highest BCUT2D eigenvalue weighted by Crippen LogP contribution is 2.38. The SMILES string of the molecule is CCN(C(=O)/C=C/CN(C)C)c1cccc2c1CN(C(=O)c1c(O)cc(O)c(Cl)c1C)C2. The number of nitrogens with zero attached hydrogens (tertiary/aromatic N) is 3. The fourth-order valence-corrected chi connectivity index (χ4v) is 4.04. The Hall–Kier alpha value is -3.03. The monoisotopic (exact) mass is 457 g/mol. The first-order valence-electron chi connectivity index (χ1n) is 10.4. The Morgan fingerprint density at radius 2 is 1.91 bits per heavy atom. The summed E-state index contributed by atoms with van der Waals surface area (Å²) in [5.41, 5.74) is 3.00. The number of carbonyl (C=O) groups excluding carboxylic acids is 2. The standard InChI is InChI=1S/C24H28ClN3O4/c1-5-28(21(31)10-7-11-26(3)4)18-9-6-8-16-13-27(14-17(16)18)24(32)22-15(2)23(25)20(30)12-19(22)29/h6-10,12,29-30H,5,11,13-14H2,1-4H3/b10-7+. The zero-order chi connectivity index (χ0) is 23.6. The molecule has 0 atom stereocenters. The number of phenols is 2. The molecule has 170 valence electrons. The average Bonchev–Trinajstić information content (AvgIpc) is 3.17. The number of anilines is 1. The van der Waals surface area contributed by atoms with Gasteiger partial charge in [-0.3, -0.25) is 9.59 Å². The van der Waals surface area contributed by atoms with Gasteiger partial charge in [0.2, 0.25) is 0 Å². The van der Waals surface area contributed by atoms with Crippen LogP contribution in [0.25, 0.3) is 0 Å². The molecule has 0 radical (unpaired) electrons. The first-order chi connectivity index (χ1) is 15.1. The normalized spacial score (nSPS) is 13.1. The molecule has 1 heterocycles. The number of fused-ring (bicyclic) bond motifs is 1. The minimum Gasteiger partial charge on any atom is -0.507 e. The molecule has 8 heteroatoms. The van der Waals surface area contributed by atoms with Gasteiger partial charge in [0, 0.05) is 49.6 Å². The Morgan fingerprint density at radius 1 is 1.19 bits per heavy atom. The second-order valence-corrected chi connectivity index (χ2v) is 8.43. The van der Waals surface area contributed by atoms with Crippen molar-refractivity contribution in [3.05, 3.63) is 63.7 Å². The van der Waals surface area contributed by atoms with Gasteiger partial charge in [0.1, 0.15) is 11.5 Å². The van der Waals surface area contributed by atoms with Gasteiger partial charge < -0.3 is 24.9 Å². The van der Waals surface area contributed by atoms with E-state index in [1.54, 1.807) is 22.8 Å². The molecule has 7 nitrogen and oxygen atoms in total. The van der Waals surface area contributed by atoms with Crippen LogP contribution in [0.15, 0.2) is 36.4 Å². The lowest BCUT2D eigenvalue weighted by Gasteiger charge is -2.23. The first kappa shape index (κ1) is 23.6. The summed E-state index contributed by atoms with van der Waals surface area (Å²) in [5.74, 6) is -1.10. The third-order valence-electron chi connectivity index (χ3n) is 5.52. The van der Waals surface area contributed by atoms with Crippen LogP contribution in [0.2, 0.25) is 5.02 Å². The van der Waals surface area contributed by atoms with E-state index in [2.05, 4.69) is 0 Å². The molecule has 1 aliphatic heterocycles. The smallest absolute Gasteiger partial charge is 0.258 e. The summed E-state index contributed by atoms with van der Waals surface area (Å²) in [6, 6.07) is 6.77. The van der Waals surface area contributed by atoms with E-state index in [0.29, 0.717) is 31.7 Å². The zero-order valence-electron chi connectivity index (χ0n) is 18.7. The van der Waals surface area contributed by atoms with Crippen molar-refractivity contribution in [1.82, 2.24) is 9.80 Å². The third kappa shape index (κ3) is 4.59. The van der Waals surface area contributed by atoms with E-state index in [-0.39, 0.29) is 33.9 Å². The van der Waals surface area contributed by atoms with Gasteiger partial charge in [-0.05, 0) is 45.1 Å². The Balaban J connectivity index is 1.89. The maximum Gasteiger partial charge on any atom is 0.258 e. The zero-order valence-corrected chi connectivity index (χ0v) is 19.5. The van der Waals surface area contributed by atoms with Gasteiger partial charge in [-0.15, -0.1) is 0 Å². The Labute approximate surface area is 193 Å². The molecule has 2 aromatic carbocycles. The van der Waals surface area contributed by atoms with Crippen LogP contribution >= 0.6 is 11.6 Å². The van der Waals surface area contributed by atoms with Gasteiger partial charge in [0.05, 0.1) is 10.6 Å². The van der Waals surface area contributed by atoms with Crippen LogP contribution in [0, 0.1) is 6.92 Å². The average molecular weight is 458 g/mol. The maximum absolute atomic E-state index is 13.2. The van der Waals surface area contributed by atoms with Crippen LogP contribution in [0.1, 0.15) is 34.0 Å². The second-order valence-electron chi connectivity index (χ2n) is 8.05. The van der Waals surface area contributed by atoms with Crippen molar-refractivity contribution in [2.75, 3.05) is 32.1 Å². The van der Waals surface area contributed by atoms with Crippen LogP contribution in [-0.2, 0) is 17.9 Å². The van der Waals surface area contributed by atoms with Crippen LogP contribution < -0.4 is 4.90 Å². The van der Waals surface area contributed by atoms with E-state index in [1.807, 2.05) is 50.2 Å². The molecule has 0 fully saturated rings. The summed E-state index contributed by atoms with van der Waals surface area (Å²) in [7, 11) is 3.87. The summed E-state index contributed by atoms with van der Waals surface area (Å²) in [6.07, 6.45) is 3.39. The van der Waals surface area contributed by atoms with Gasteiger partial charge in [0.25, 0.3) is 11.8 Å². The molecule has 2 N–H and O–H groups in total. The molecule has 2 amide bonds. The topological polar surface area (TPSA) is 84.3 Å². The molecule has 0 unspecified atom stereocenters. The van der Waals surface area contributed by atoms with Crippen LogP contribution in [-0.4, -0.2) is 59.0 Å². The number of carbonyl (C=O) groups is 2. The van der Waals surface area contributed by atoms with Crippen LogP contribution in [0.5, 0.6) is 11.5 Å². The van der Waals surface area contributed by atoms with E-state index in [0.717, 1.165) is 22.9 Å². The fourth-order valence-electron chi connectivity index (χ4n) is 3.89. The van der Waals surface area contributed by atoms with Crippen LogP contribution in [0.3, 0.4) is 0 Å². The largest absolute Gasteiger partial charge is 0.507 e. The molecule has 0 aromatic heterocycles. The lowest BCUT2D eigenvalue weighted by molar-refractivity contribution is -0.114. The summed E-state index contributed by atoms with van der Waals surface area (Å²) in [5, 5.41) is 20.1. The number of phenolic OH excluding ortho intramolecular Hbond substituents is 2. The molecular weight excluding hydrogens is 430 g/mol. The molecule has 3 rings (SSSR count). The number of hydrogen-bond acceptors (Lipinski definition) is 5. The summed E-state index contributed by atoms with van der Waals surface area (Å²) >= 11 is 6.09. The van der Waals surface area contributed by atoms with Gasteiger partial charge >= 0.3 is 0 Å². The molecule has 1 aliphatic rings. The highest BCUT2D eigenvalue weighted by molar-refractivity contribution is 6.33. The van der Waals surface area contributed by atoms with E-state index in [1.165, 1.54) is 0 Å². The minimum atomic E-state index is -0.385. The highest BCUT2D eigenvalue weighted by Gasteiger charge is 2.31. The van der Waals surface area contributed by atoms with Crippen molar-refractivity contribution in [3.63, 3.8) is 0 Å². The molecular formula is C24H28ClN3O4. The second kappa shape index (κ2) is 9.63. The quantitative estimate of drug-likeness (QED) is 0.646. The highest BCUT2D eigenvalue weighted by atomic mass is 35.5. The molecule has 0 saturated heterocycles. The summed E-state index contributed by atoms with van der Waals surface area (Å²) in [4.78, 5) is 31.3. The summed E-state index contributed by atoms with van der Waals surface area (Å²) in [6.45, 7) is 5.30. The van der Waals surface area contributed by atoms with Crippen molar-refractivity contribution in [3.8, 4) is 11.5 Å². The number of aromatic hydroxyl groups is 2. The summed E-state index contributed by atoms with van der Waals surface area (Å²) < 4.78 is 0.